The van der Waals surface area contributed by atoms with E-state index in [9.17, 15) is 0 Å². The minimum atomic E-state index is 0.435. The first-order valence-corrected chi connectivity index (χ1v) is 7.70. The van der Waals surface area contributed by atoms with E-state index in [4.69, 9.17) is 0 Å². The van der Waals surface area contributed by atoms with E-state index in [0.29, 0.717) is 5.41 Å². The third kappa shape index (κ3) is 4.17. The molecule has 1 fully saturated rings. The molecule has 0 aromatic carbocycles. The summed E-state index contributed by atoms with van der Waals surface area (Å²) in [7, 11) is 1.87. The van der Waals surface area contributed by atoms with Crippen LogP contribution in [0.3, 0.4) is 0 Å². The van der Waals surface area contributed by atoms with Gasteiger partial charge in [-0.3, -0.25) is 9.88 Å². The smallest absolute Gasteiger partial charge is 0.144 e. The van der Waals surface area contributed by atoms with E-state index in [1.807, 2.05) is 19.4 Å². The van der Waals surface area contributed by atoms with Gasteiger partial charge in [0.25, 0.3) is 0 Å². The number of hydrogen-bond donors (Lipinski definition) is 1. The molecule has 1 aliphatic rings. The zero-order valence-electron chi connectivity index (χ0n) is 13.3. The highest BCUT2D eigenvalue weighted by molar-refractivity contribution is 5.29. The molecule has 1 unspecified atom stereocenters. The maximum atomic E-state index is 4.48. The van der Waals surface area contributed by atoms with Gasteiger partial charge in [0.15, 0.2) is 0 Å². The number of anilines is 1. The van der Waals surface area contributed by atoms with E-state index in [1.165, 1.54) is 32.4 Å². The minimum Gasteiger partial charge on any atom is -0.372 e. The SMILES string of the molecule is CNc1cnc(CN2CCCC(C(C)(C)C)CC2)cn1. The van der Waals surface area contributed by atoms with Crippen LogP contribution in [0.2, 0.25) is 0 Å². The maximum absolute atomic E-state index is 4.48. The highest BCUT2D eigenvalue weighted by Crippen LogP contribution is 2.34. The monoisotopic (exact) mass is 276 g/mol. The quantitative estimate of drug-likeness (QED) is 0.920. The molecule has 0 saturated carbocycles. The molecule has 1 N–H and O–H groups in total. The second-order valence-electron chi connectivity index (χ2n) is 6.91. The van der Waals surface area contributed by atoms with Crippen molar-refractivity contribution in [1.82, 2.24) is 14.9 Å². The fourth-order valence-corrected chi connectivity index (χ4v) is 2.97. The van der Waals surface area contributed by atoms with Crippen molar-refractivity contribution in [2.24, 2.45) is 11.3 Å². The van der Waals surface area contributed by atoms with Gasteiger partial charge in [-0.05, 0) is 43.7 Å². The van der Waals surface area contributed by atoms with Crippen molar-refractivity contribution in [3.63, 3.8) is 0 Å². The first kappa shape index (κ1) is 15.2. The second kappa shape index (κ2) is 6.53. The standard InChI is InChI=1S/C16H28N4/c1-16(2,3)13-6-5-8-20(9-7-13)12-14-10-19-15(17-4)11-18-14/h10-11,13H,5-9,12H2,1-4H3,(H,17,19). The Kier molecular flexibility index (Phi) is 4.97. The third-order valence-corrected chi connectivity index (χ3v) is 4.39. The second-order valence-corrected chi connectivity index (χ2v) is 6.91. The molecule has 0 bridgehead atoms. The van der Waals surface area contributed by atoms with Gasteiger partial charge in [0.05, 0.1) is 18.1 Å². The Hall–Kier alpha value is -1.16. The highest BCUT2D eigenvalue weighted by Gasteiger charge is 2.27. The largest absolute Gasteiger partial charge is 0.372 e. The van der Waals surface area contributed by atoms with E-state index in [1.54, 1.807) is 0 Å². The number of likely N-dealkylation sites (tertiary alicyclic amines) is 1. The van der Waals surface area contributed by atoms with E-state index >= 15 is 0 Å². The molecule has 2 heterocycles. The summed E-state index contributed by atoms with van der Waals surface area (Å²) in [5.74, 6) is 1.67. The van der Waals surface area contributed by atoms with Crippen LogP contribution in [0.5, 0.6) is 0 Å². The van der Waals surface area contributed by atoms with Crippen LogP contribution < -0.4 is 5.32 Å². The lowest BCUT2D eigenvalue weighted by Gasteiger charge is -2.29. The van der Waals surface area contributed by atoms with E-state index < -0.39 is 0 Å². The van der Waals surface area contributed by atoms with E-state index in [0.717, 1.165) is 24.0 Å². The molecule has 1 atom stereocenters. The summed E-state index contributed by atoms with van der Waals surface area (Å²) in [6.45, 7) is 10.4. The van der Waals surface area contributed by atoms with Gasteiger partial charge < -0.3 is 5.32 Å². The zero-order chi connectivity index (χ0) is 14.6. The first-order valence-electron chi connectivity index (χ1n) is 7.70. The van der Waals surface area contributed by atoms with Crippen molar-refractivity contribution in [2.45, 2.75) is 46.6 Å². The molecule has 0 spiro atoms. The summed E-state index contributed by atoms with van der Waals surface area (Å²) in [4.78, 5) is 11.3. The summed E-state index contributed by atoms with van der Waals surface area (Å²) in [5, 5.41) is 3.00. The average Bonchev–Trinajstić information content (AvgIpc) is 2.65. The molecular formula is C16H28N4. The van der Waals surface area contributed by atoms with Crippen molar-refractivity contribution < 1.29 is 0 Å². The van der Waals surface area contributed by atoms with Crippen molar-refractivity contribution >= 4 is 5.82 Å². The number of nitrogens with one attached hydrogen (secondary N) is 1. The molecule has 20 heavy (non-hydrogen) atoms. The molecule has 1 aromatic heterocycles. The molecule has 1 saturated heterocycles. The molecule has 0 amide bonds. The predicted octanol–water partition coefficient (Wildman–Crippen LogP) is 3.17. The molecule has 1 aliphatic heterocycles. The minimum absolute atomic E-state index is 0.435. The van der Waals surface area contributed by atoms with Crippen molar-refractivity contribution in [3.05, 3.63) is 18.1 Å². The van der Waals surface area contributed by atoms with Crippen molar-refractivity contribution in [3.8, 4) is 0 Å². The van der Waals surface area contributed by atoms with E-state index in [2.05, 4.69) is 41.0 Å². The number of rotatable bonds is 3. The van der Waals surface area contributed by atoms with Crippen LogP contribution in [-0.2, 0) is 6.54 Å². The van der Waals surface area contributed by atoms with Gasteiger partial charge >= 0.3 is 0 Å². The predicted molar refractivity (Wildman–Crippen MR) is 83.7 cm³/mol. The Balaban J connectivity index is 1.90. The Morgan fingerprint density at radius 2 is 2.00 bits per heavy atom. The van der Waals surface area contributed by atoms with Gasteiger partial charge in [0.1, 0.15) is 5.82 Å². The number of aromatic nitrogens is 2. The Bertz CT molecular complexity index is 407. The average molecular weight is 276 g/mol. The van der Waals surface area contributed by atoms with Gasteiger partial charge in [-0.25, -0.2) is 4.98 Å². The molecule has 1 aromatic rings. The van der Waals surface area contributed by atoms with E-state index in [-0.39, 0.29) is 0 Å². The fraction of sp³-hybridized carbons (Fsp3) is 0.750. The Morgan fingerprint density at radius 1 is 1.20 bits per heavy atom. The molecule has 0 aliphatic carbocycles. The molecule has 4 heteroatoms. The van der Waals surface area contributed by atoms with Crippen LogP contribution >= 0.6 is 0 Å². The summed E-state index contributed by atoms with van der Waals surface area (Å²) in [5.41, 5.74) is 1.50. The zero-order valence-corrected chi connectivity index (χ0v) is 13.3. The molecule has 4 nitrogen and oxygen atoms in total. The molecular weight excluding hydrogens is 248 g/mol. The van der Waals surface area contributed by atoms with Crippen LogP contribution in [0.4, 0.5) is 5.82 Å². The van der Waals surface area contributed by atoms with Crippen molar-refractivity contribution in [2.75, 3.05) is 25.5 Å². The van der Waals surface area contributed by atoms with Gasteiger partial charge in [0.2, 0.25) is 0 Å². The lowest BCUT2D eigenvalue weighted by molar-refractivity contribution is 0.206. The lowest BCUT2D eigenvalue weighted by Crippen LogP contribution is -2.26. The summed E-state index contributed by atoms with van der Waals surface area (Å²) in [6.07, 6.45) is 7.64. The Morgan fingerprint density at radius 3 is 2.60 bits per heavy atom. The molecule has 2 rings (SSSR count). The van der Waals surface area contributed by atoms with Gasteiger partial charge in [-0.15, -0.1) is 0 Å². The fourth-order valence-electron chi connectivity index (χ4n) is 2.97. The third-order valence-electron chi connectivity index (χ3n) is 4.39. The van der Waals surface area contributed by atoms with Crippen molar-refractivity contribution in [1.29, 1.82) is 0 Å². The summed E-state index contributed by atoms with van der Waals surface area (Å²) < 4.78 is 0. The maximum Gasteiger partial charge on any atom is 0.144 e. The summed E-state index contributed by atoms with van der Waals surface area (Å²) in [6, 6.07) is 0. The van der Waals surface area contributed by atoms with Gasteiger partial charge in [-0.1, -0.05) is 20.8 Å². The Labute approximate surface area is 123 Å². The van der Waals surface area contributed by atoms with Crippen LogP contribution in [0.15, 0.2) is 12.4 Å². The number of hydrogen-bond acceptors (Lipinski definition) is 4. The molecule has 112 valence electrons. The van der Waals surface area contributed by atoms with Gasteiger partial charge in [-0.2, -0.15) is 0 Å². The normalized spacial score (nSPS) is 21.5. The summed E-state index contributed by atoms with van der Waals surface area (Å²) >= 11 is 0. The van der Waals surface area contributed by atoms with Crippen LogP contribution in [0.25, 0.3) is 0 Å². The topological polar surface area (TPSA) is 41.1 Å². The number of nitrogens with zero attached hydrogens (tertiary/aromatic N) is 3. The van der Waals surface area contributed by atoms with Crippen LogP contribution in [0, 0.1) is 11.3 Å². The lowest BCUT2D eigenvalue weighted by atomic mass is 9.77. The highest BCUT2D eigenvalue weighted by atomic mass is 15.1. The van der Waals surface area contributed by atoms with Gasteiger partial charge in [0, 0.05) is 13.6 Å². The molecule has 0 radical (unpaired) electrons. The van der Waals surface area contributed by atoms with Crippen LogP contribution in [-0.4, -0.2) is 35.0 Å². The first-order chi connectivity index (χ1) is 9.49. The van der Waals surface area contributed by atoms with Crippen LogP contribution in [0.1, 0.15) is 45.7 Å².